The van der Waals surface area contributed by atoms with E-state index >= 15 is 0 Å². The fourth-order valence-corrected chi connectivity index (χ4v) is 10.8. The molecular weight excluding hydrogens is 1190 g/mol. The maximum absolute atomic E-state index is 13.4. The molecule has 0 aromatic heterocycles. The number of aliphatic hydroxyl groups is 11. The van der Waals surface area contributed by atoms with Gasteiger partial charge in [0, 0.05) is 6.42 Å². The molecular formula is C74H121NO18. The third kappa shape index (κ3) is 35.7. The summed E-state index contributed by atoms with van der Waals surface area (Å²) in [5.41, 5.74) is 0. The molecule has 0 aromatic carbocycles. The zero-order valence-corrected chi connectivity index (χ0v) is 55.9. The maximum Gasteiger partial charge on any atom is 0.220 e. The highest BCUT2D eigenvalue weighted by Gasteiger charge is 2.53. The first-order valence-electron chi connectivity index (χ1n) is 34.9. The minimum Gasteiger partial charge on any atom is -0.394 e. The summed E-state index contributed by atoms with van der Waals surface area (Å²) in [7, 11) is 0. The van der Waals surface area contributed by atoms with Gasteiger partial charge in [0.05, 0.1) is 38.6 Å². The summed E-state index contributed by atoms with van der Waals surface area (Å²) in [4.78, 5) is 13.4. The largest absolute Gasteiger partial charge is 0.394 e. The molecule has 3 saturated heterocycles. The summed E-state index contributed by atoms with van der Waals surface area (Å²) < 4.78 is 34.3. The van der Waals surface area contributed by atoms with Crippen LogP contribution in [0.25, 0.3) is 0 Å². The number of ether oxygens (including phenoxy) is 6. The number of carbonyl (C=O) groups excluding carboxylic acids is 1. The van der Waals surface area contributed by atoms with E-state index in [4.69, 9.17) is 28.4 Å². The summed E-state index contributed by atoms with van der Waals surface area (Å²) in [5.74, 6) is -0.307. The molecule has 0 aromatic rings. The predicted molar refractivity (Wildman–Crippen MR) is 364 cm³/mol. The van der Waals surface area contributed by atoms with E-state index in [0.717, 1.165) is 116 Å². The van der Waals surface area contributed by atoms with E-state index in [1.807, 2.05) is 6.08 Å². The van der Waals surface area contributed by atoms with Gasteiger partial charge >= 0.3 is 0 Å². The lowest BCUT2D eigenvalue weighted by Gasteiger charge is -2.48. The van der Waals surface area contributed by atoms with E-state index in [-0.39, 0.29) is 18.9 Å². The van der Waals surface area contributed by atoms with Gasteiger partial charge in [0.25, 0.3) is 0 Å². The Kier molecular flexibility index (Phi) is 48.3. The van der Waals surface area contributed by atoms with Gasteiger partial charge in [-0.1, -0.05) is 225 Å². The van der Waals surface area contributed by atoms with E-state index in [1.165, 1.54) is 51.4 Å². The second-order valence-electron chi connectivity index (χ2n) is 24.3. The summed E-state index contributed by atoms with van der Waals surface area (Å²) in [6.45, 7) is 1.56. The summed E-state index contributed by atoms with van der Waals surface area (Å²) in [6.07, 6.45) is 48.6. The van der Waals surface area contributed by atoms with Crippen LogP contribution < -0.4 is 5.32 Å². The molecule has 0 saturated carbocycles. The zero-order valence-electron chi connectivity index (χ0n) is 55.9. The fraction of sp³-hybridized carbons (Fsp3) is 0.689. The van der Waals surface area contributed by atoms with Gasteiger partial charge in [-0.25, -0.2) is 0 Å². The lowest BCUT2D eigenvalue weighted by atomic mass is 9.96. The molecule has 3 fully saturated rings. The lowest BCUT2D eigenvalue weighted by molar-refractivity contribution is -0.379. The molecule has 3 rings (SSSR count). The third-order valence-electron chi connectivity index (χ3n) is 16.5. The van der Waals surface area contributed by atoms with Crippen molar-refractivity contribution in [1.82, 2.24) is 5.32 Å². The van der Waals surface area contributed by atoms with Crippen LogP contribution in [0.2, 0.25) is 0 Å². The average molecular weight is 1310 g/mol. The molecule has 0 radical (unpaired) electrons. The Bertz CT molecular complexity index is 2210. The van der Waals surface area contributed by atoms with Crippen molar-refractivity contribution in [3.8, 4) is 0 Å². The quantitative estimate of drug-likeness (QED) is 0.0199. The second kappa shape index (κ2) is 54.0. The summed E-state index contributed by atoms with van der Waals surface area (Å²) >= 11 is 0. The van der Waals surface area contributed by atoms with Crippen LogP contribution >= 0.6 is 0 Å². The van der Waals surface area contributed by atoms with Crippen LogP contribution in [0.15, 0.2) is 134 Å². The van der Waals surface area contributed by atoms with Crippen molar-refractivity contribution in [1.29, 1.82) is 0 Å². The van der Waals surface area contributed by atoms with Gasteiger partial charge in [-0.2, -0.15) is 0 Å². The van der Waals surface area contributed by atoms with E-state index in [0.29, 0.717) is 6.42 Å². The minimum absolute atomic E-state index is 0.204. The number of unbranched alkanes of at least 4 members (excludes halogenated alkanes) is 15. The van der Waals surface area contributed by atoms with E-state index in [2.05, 4.69) is 141 Å². The van der Waals surface area contributed by atoms with Crippen LogP contribution in [0.1, 0.15) is 194 Å². The number of nitrogens with one attached hydrogen (secondary N) is 1. The van der Waals surface area contributed by atoms with Crippen molar-refractivity contribution in [2.45, 2.75) is 298 Å². The first kappa shape index (κ1) is 83.2. The maximum atomic E-state index is 13.4. The van der Waals surface area contributed by atoms with Crippen LogP contribution in [0.4, 0.5) is 0 Å². The molecule has 3 aliphatic heterocycles. The van der Waals surface area contributed by atoms with Crippen molar-refractivity contribution in [3.05, 3.63) is 134 Å². The van der Waals surface area contributed by atoms with Gasteiger partial charge < -0.3 is 89.9 Å². The Morgan fingerprint density at radius 3 is 1.16 bits per heavy atom. The highest BCUT2D eigenvalue weighted by molar-refractivity contribution is 5.76. The van der Waals surface area contributed by atoms with Crippen LogP contribution in [0, 0.1) is 0 Å². The monoisotopic (exact) mass is 1310 g/mol. The van der Waals surface area contributed by atoms with E-state index in [9.17, 15) is 61.0 Å². The number of rotatable bonds is 51. The van der Waals surface area contributed by atoms with Crippen molar-refractivity contribution >= 4 is 5.91 Å². The van der Waals surface area contributed by atoms with Gasteiger partial charge in [0.2, 0.25) is 5.91 Å². The van der Waals surface area contributed by atoms with E-state index < -0.39 is 124 Å². The third-order valence-corrected chi connectivity index (χ3v) is 16.5. The molecule has 3 aliphatic rings. The summed E-state index contributed by atoms with van der Waals surface area (Å²) in [6, 6.07) is -0.996. The number of amides is 1. The van der Waals surface area contributed by atoms with Crippen LogP contribution in [0.3, 0.4) is 0 Å². The zero-order chi connectivity index (χ0) is 67.5. The molecule has 12 N–H and O–H groups in total. The number of carbonyl (C=O) groups is 1. The molecule has 93 heavy (non-hydrogen) atoms. The topological polar surface area (TPSA) is 307 Å². The van der Waals surface area contributed by atoms with E-state index in [1.54, 1.807) is 6.08 Å². The average Bonchev–Trinajstić information content (AvgIpc) is 0.842. The Morgan fingerprint density at radius 2 is 0.742 bits per heavy atom. The molecule has 0 spiro atoms. The molecule has 0 bridgehead atoms. The Labute approximate surface area is 556 Å². The molecule has 19 nitrogen and oxygen atoms in total. The number of hydrogen-bond acceptors (Lipinski definition) is 18. The highest BCUT2D eigenvalue weighted by atomic mass is 16.8. The smallest absolute Gasteiger partial charge is 0.220 e. The normalized spacial score (nSPS) is 28.4. The van der Waals surface area contributed by atoms with Gasteiger partial charge in [-0.15, -0.1) is 0 Å². The van der Waals surface area contributed by atoms with Crippen molar-refractivity contribution in [2.24, 2.45) is 0 Å². The standard InChI is InChI=1S/C74H121NO18/c1-3-5-7-9-11-13-15-17-18-19-20-21-22-23-24-25-26-27-28-29-30-31-32-33-34-35-36-37-38-40-42-44-46-48-50-52-62(80)75-57(58(79)51-49-47-45-43-41-39-16-14-12-10-8-6-4-2)56-88-72-68(86)65(83)70(60(54-77)90-72)93-74-69(87)66(84)71(61(55-78)91-74)92-73-67(85)64(82)63(81)59(53-76)89-73/h5,7,11,13,17-18,20-21,23-24,26-27,29-30,32-33,35-36,38,40,49,51,57-61,63-74,76-79,81-87H,3-4,6,8-10,12,14-16,19,22,25,28,31,34,37,39,41-48,50,52-56H2,1-2H3,(H,75,80)/b7-5-,13-11-,18-17-,21-20-,24-23-,27-26-,30-29-,33-32-,36-35-,40-38-,51-49+. The molecule has 530 valence electrons. The SMILES string of the molecule is CC/C=C\C/C=C\C/C=C\C/C=C\C/C=C\C/C=C\C/C=C\C/C=C\C/C=C\C/C=C\CCCCCCC(=O)NC(COC1OC(CO)C(OC2OC(CO)C(OC3OC(CO)C(O)C(O)C3O)C(O)C2O)C(O)C1O)C(O)/C=C/CCCCCCCCCCCCC. The molecule has 1 amide bonds. The van der Waals surface area contributed by atoms with Gasteiger partial charge in [0.1, 0.15) is 73.2 Å². The molecule has 3 heterocycles. The molecule has 19 heteroatoms. The summed E-state index contributed by atoms with van der Waals surface area (Å²) in [5, 5.41) is 120. The van der Waals surface area contributed by atoms with Crippen molar-refractivity contribution < 1.29 is 89.4 Å². The second-order valence-corrected chi connectivity index (χ2v) is 24.3. The van der Waals surface area contributed by atoms with Gasteiger partial charge in [-0.05, 0) is 96.3 Å². The molecule has 0 aliphatic carbocycles. The molecule has 17 atom stereocenters. The van der Waals surface area contributed by atoms with Crippen LogP contribution in [-0.2, 0) is 33.2 Å². The first-order valence-corrected chi connectivity index (χ1v) is 34.9. The minimum atomic E-state index is -1.99. The Morgan fingerprint density at radius 1 is 0.398 bits per heavy atom. The Hall–Kier alpha value is -4.07. The fourth-order valence-electron chi connectivity index (χ4n) is 10.8. The molecule has 17 unspecified atom stereocenters. The van der Waals surface area contributed by atoms with Crippen molar-refractivity contribution in [3.63, 3.8) is 0 Å². The predicted octanol–water partition coefficient (Wildman–Crippen LogP) is 9.38. The lowest BCUT2D eigenvalue weighted by Crippen LogP contribution is -2.66. The van der Waals surface area contributed by atoms with Crippen LogP contribution in [0.5, 0.6) is 0 Å². The van der Waals surface area contributed by atoms with Gasteiger partial charge in [0.15, 0.2) is 18.9 Å². The Balaban J connectivity index is 1.40. The highest BCUT2D eigenvalue weighted by Crippen LogP contribution is 2.33. The number of aliphatic hydroxyl groups excluding tert-OH is 11. The van der Waals surface area contributed by atoms with Gasteiger partial charge in [-0.3, -0.25) is 4.79 Å². The van der Waals surface area contributed by atoms with Crippen molar-refractivity contribution in [2.75, 3.05) is 26.4 Å². The first-order chi connectivity index (χ1) is 45.3. The number of allylic oxidation sites excluding steroid dienone is 21. The number of hydrogen-bond donors (Lipinski definition) is 12. The van der Waals surface area contributed by atoms with Crippen LogP contribution in [-0.4, -0.2) is 193 Å².